The first kappa shape index (κ1) is 23.1. The van der Waals surface area contributed by atoms with Crippen LogP contribution < -0.4 is 0 Å². The first-order valence-corrected chi connectivity index (χ1v) is 9.77. The van der Waals surface area contributed by atoms with Crippen LogP contribution in [0.15, 0.2) is 12.1 Å². The second-order valence-corrected chi connectivity index (χ2v) is 7.19. The molecular formula is C22H29N3O5. The van der Waals surface area contributed by atoms with Gasteiger partial charge in [0.05, 0.1) is 12.8 Å². The Bertz CT molecular complexity index is 982. The molecular weight excluding hydrogens is 386 g/mol. The largest absolute Gasteiger partial charge is 0.469 e. The van der Waals surface area contributed by atoms with Crippen molar-refractivity contribution in [2.45, 2.75) is 47.1 Å². The number of aryl methyl sites for hydroxylation is 3. The molecule has 0 bridgehead atoms. The lowest BCUT2D eigenvalue weighted by Crippen LogP contribution is -2.14. The highest BCUT2D eigenvalue weighted by atomic mass is 16.5. The summed E-state index contributed by atoms with van der Waals surface area (Å²) in [4.78, 5) is 35.9. The molecule has 0 N–H and O–H groups in total. The summed E-state index contributed by atoms with van der Waals surface area (Å²) in [6.45, 7) is 7.79. The minimum absolute atomic E-state index is 0.259. The number of hydrogen-bond donors (Lipinski definition) is 0. The first-order chi connectivity index (χ1) is 14.1. The Labute approximate surface area is 176 Å². The SMILES string of the molecule is COC(=O)CCCn1c(C)cc(C(=O)COC(=O)/C=C/c2c(C)nn(C)c2C)c1C. The molecule has 0 saturated heterocycles. The topological polar surface area (TPSA) is 92.4 Å². The van der Waals surface area contributed by atoms with E-state index < -0.39 is 5.97 Å². The van der Waals surface area contributed by atoms with E-state index in [4.69, 9.17) is 4.74 Å². The van der Waals surface area contributed by atoms with Crippen LogP contribution in [0.3, 0.4) is 0 Å². The van der Waals surface area contributed by atoms with Crippen molar-refractivity contribution in [3.05, 3.63) is 46.0 Å². The molecule has 0 fully saturated rings. The van der Waals surface area contributed by atoms with Gasteiger partial charge < -0.3 is 14.0 Å². The van der Waals surface area contributed by atoms with Crippen molar-refractivity contribution in [1.29, 1.82) is 0 Å². The van der Waals surface area contributed by atoms with Gasteiger partial charge in [0.15, 0.2) is 6.61 Å². The van der Waals surface area contributed by atoms with E-state index in [1.54, 1.807) is 16.8 Å². The van der Waals surface area contributed by atoms with E-state index in [0.717, 1.165) is 28.3 Å². The minimum Gasteiger partial charge on any atom is -0.469 e. The lowest BCUT2D eigenvalue weighted by molar-refractivity contribution is -0.140. The molecule has 0 spiro atoms. The maximum atomic E-state index is 12.5. The molecule has 0 amide bonds. The summed E-state index contributed by atoms with van der Waals surface area (Å²) in [7, 11) is 3.20. The van der Waals surface area contributed by atoms with Gasteiger partial charge in [-0.2, -0.15) is 5.10 Å². The molecule has 30 heavy (non-hydrogen) atoms. The predicted molar refractivity (Wildman–Crippen MR) is 112 cm³/mol. The van der Waals surface area contributed by atoms with Crippen molar-refractivity contribution in [1.82, 2.24) is 14.3 Å². The van der Waals surface area contributed by atoms with Crippen molar-refractivity contribution in [3.63, 3.8) is 0 Å². The number of nitrogens with zero attached hydrogens (tertiary/aromatic N) is 3. The number of methoxy groups -OCH3 is 1. The third kappa shape index (κ3) is 5.46. The Morgan fingerprint density at radius 2 is 1.83 bits per heavy atom. The van der Waals surface area contributed by atoms with E-state index >= 15 is 0 Å². The molecule has 0 aliphatic rings. The number of ether oxygens (including phenoxy) is 2. The van der Waals surface area contributed by atoms with E-state index in [1.165, 1.54) is 13.2 Å². The highest BCUT2D eigenvalue weighted by Crippen LogP contribution is 2.17. The van der Waals surface area contributed by atoms with Crippen molar-refractivity contribution in [2.75, 3.05) is 13.7 Å². The summed E-state index contributed by atoms with van der Waals surface area (Å²) in [5, 5.41) is 4.29. The molecule has 0 aliphatic carbocycles. The van der Waals surface area contributed by atoms with Gasteiger partial charge in [0.25, 0.3) is 0 Å². The van der Waals surface area contributed by atoms with Gasteiger partial charge in [-0.25, -0.2) is 4.79 Å². The Hall–Kier alpha value is -3.16. The normalized spacial score (nSPS) is 11.1. The third-order valence-corrected chi connectivity index (χ3v) is 5.16. The van der Waals surface area contributed by atoms with E-state index in [0.29, 0.717) is 24.9 Å². The quantitative estimate of drug-likeness (QED) is 0.355. The van der Waals surface area contributed by atoms with Gasteiger partial charge in [-0.15, -0.1) is 0 Å². The van der Waals surface area contributed by atoms with Gasteiger partial charge in [-0.3, -0.25) is 14.3 Å². The number of hydrogen-bond acceptors (Lipinski definition) is 6. The maximum Gasteiger partial charge on any atom is 0.331 e. The molecule has 2 aromatic heterocycles. The second kappa shape index (κ2) is 10.0. The lowest BCUT2D eigenvalue weighted by atomic mass is 10.1. The molecule has 0 saturated carbocycles. The molecule has 2 aromatic rings. The smallest absolute Gasteiger partial charge is 0.331 e. The molecule has 8 heteroatoms. The molecule has 8 nitrogen and oxygen atoms in total. The van der Waals surface area contributed by atoms with E-state index in [2.05, 4.69) is 9.84 Å². The number of aromatic nitrogens is 3. The van der Waals surface area contributed by atoms with Gasteiger partial charge in [0.1, 0.15) is 0 Å². The fourth-order valence-corrected chi connectivity index (χ4v) is 3.36. The van der Waals surface area contributed by atoms with Crippen LogP contribution in [0.1, 0.15) is 51.5 Å². The monoisotopic (exact) mass is 415 g/mol. The zero-order chi connectivity index (χ0) is 22.4. The Morgan fingerprint density at radius 1 is 1.13 bits per heavy atom. The molecule has 0 radical (unpaired) electrons. The number of rotatable bonds is 9. The van der Waals surface area contributed by atoms with Crippen molar-refractivity contribution >= 4 is 23.8 Å². The number of carbonyl (C=O) groups excluding carboxylic acids is 3. The number of esters is 2. The highest BCUT2D eigenvalue weighted by Gasteiger charge is 2.17. The van der Waals surface area contributed by atoms with Crippen molar-refractivity contribution in [3.8, 4) is 0 Å². The summed E-state index contributed by atoms with van der Waals surface area (Å²) in [5.41, 5.74) is 4.82. The van der Waals surface area contributed by atoms with Crippen LogP contribution in [0.25, 0.3) is 6.08 Å². The van der Waals surface area contributed by atoms with E-state index in [1.807, 2.05) is 39.3 Å². The van der Waals surface area contributed by atoms with Crippen LogP contribution >= 0.6 is 0 Å². The highest BCUT2D eigenvalue weighted by molar-refractivity contribution is 6.00. The fourth-order valence-electron chi connectivity index (χ4n) is 3.36. The molecule has 0 aromatic carbocycles. The fraction of sp³-hybridized carbons (Fsp3) is 0.455. The Kier molecular flexibility index (Phi) is 7.74. The summed E-state index contributed by atoms with van der Waals surface area (Å²) >= 11 is 0. The van der Waals surface area contributed by atoms with Gasteiger partial charge in [0.2, 0.25) is 5.78 Å². The van der Waals surface area contributed by atoms with Crippen LogP contribution in [0, 0.1) is 27.7 Å². The summed E-state index contributed by atoms with van der Waals surface area (Å²) in [6, 6.07) is 1.78. The number of ketones is 1. The lowest BCUT2D eigenvalue weighted by Gasteiger charge is -2.09. The second-order valence-electron chi connectivity index (χ2n) is 7.19. The zero-order valence-corrected chi connectivity index (χ0v) is 18.4. The summed E-state index contributed by atoms with van der Waals surface area (Å²) in [5.74, 6) is -1.11. The number of carbonyl (C=O) groups is 3. The molecule has 2 rings (SSSR count). The summed E-state index contributed by atoms with van der Waals surface area (Å²) < 4.78 is 13.5. The molecule has 0 atom stereocenters. The van der Waals surface area contributed by atoms with Crippen molar-refractivity contribution in [2.24, 2.45) is 7.05 Å². The molecule has 0 aliphatic heterocycles. The molecule has 0 unspecified atom stereocenters. The van der Waals surface area contributed by atoms with E-state index in [9.17, 15) is 14.4 Å². The molecule has 2 heterocycles. The van der Waals surface area contributed by atoms with Gasteiger partial charge in [-0.1, -0.05) is 0 Å². The van der Waals surface area contributed by atoms with Crippen LogP contribution in [0.2, 0.25) is 0 Å². The Balaban J connectivity index is 1.96. The van der Waals surface area contributed by atoms with Crippen LogP contribution in [0.4, 0.5) is 0 Å². The first-order valence-electron chi connectivity index (χ1n) is 9.77. The zero-order valence-electron chi connectivity index (χ0n) is 18.4. The van der Waals surface area contributed by atoms with Crippen molar-refractivity contribution < 1.29 is 23.9 Å². The Morgan fingerprint density at radius 3 is 2.43 bits per heavy atom. The third-order valence-electron chi connectivity index (χ3n) is 5.16. The van der Waals surface area contributed by atoms with Crippen LogP contribution in [-0.2, 0) is 32.7 Å². The van der Waals surface area contributed by atoms with E-state index in [-0.39, 0.29) is 18.4 Å². The average molecular weight is 415 g/mol. The van der Waals surface area contributed by atoms with Crippen LogP contribution in [0.5, 0.6) is 0 Å². The van der Waals surface area contributed by atoms with Gasteiger partial charge >= 0.3 is 11.9 Å². The van der Waals surface area contributed by atoms with Crippen LogP contribution in [-0.4, -0.2) is 45.8 Å². The summed E-state index contributed by atoms with van der Waals surface area (Å²) in [6.07, 6.45) is 3.89. The molecule has 162 valence electrons. The van der Waals surface area contributed by atoms with Gasteiger partial charge in [-0.05, 0) is 46.3 Å². The average Bonchev–Trinajstić information content (AvgIpc) is 3.12. The minimum atomic E-state index is -0.585. The predicted octanol–water partition coefficient (Wildman–Crippen LogP) is 2.85. The standard InChI is InChI=1S/C22H29N3O5/c1-14-12-19(17(4)25(14)11-7-8-21(27)29-6)20(26)13-30-22(28)10-9-18-15(2)23-24(5)16(18)3/h9-10,12H,7-8,11,13H2,1-6H3/b10-9+. The number of Topliss-reactive ketones (excluding diaryl/α,β-unsaturated/α-hetero) is 1. The maximum absolute atomic E-state index is 12.5. The van der Waals surface area contributed by atoms with Gasteiger partial charge in [0, 0.05) is 54.3 Å².